The number of aryl methyl sites for hydroxylation is 1. The number of methoxy groups -OCH3 is 1. The van der Waals surface area contributed by atoms with Crippen molar-refractivity contribution in [3.8, 4) is 5.88 Å². The standard InChI is InChI=1S/C13H18N2O5/c1-19-11-8-10(20-14-11)2-3-12(16)15-6-4-9(5-7-15)13(17)18/h8-9H,2-7H2,1H3,(H,17,18). The molecule has 0 bridgehead atoms. The lowest BCUT2D eigenvalue weighted by Crippen LogP contribution is -2.40. The van der Waals surface area contributed by atoms with E-state index >= 15 is 0 Å². The van der Waals surface area contributed by atoms with E-state index in [-0.39, 0.29) is 11.8 Å². The Labute approximate surface area is 116 Å². The number of aromatic nitrogens is 1. The number of hydrogen-bond acceptors (Lipinski definition) is 5. The quantitative estimate of drug-likeness (QED) is 0.864. The molecule has 0 atom stereocenters. The molecule has 0 unspecified atom stereocenters. The van der Waals surface area contributed by atoms with Gasteiger partial charge < -0.3 is 19.3 Å². The van der Waals surface area contributed by atoms with Crippen LogP contribution >= 0.6 is 0 Å². The third-order valence-electron chi connectivity index (χ3n) is 3.53. The molecule has 1 aromatic heterocycles. The number of carbonyl (C=O) groups excluding carboxylic acids is 1. The molecule has 0 spiro atoms. The molecule has 1 saturated heterocycles. The van der Waals surface area contributed by atoms with Gasteiger partial charge in [0, 0.05) is 32.0 Å². The van der Waals surface area contributed by atoms with Crippen LogP contribution in [0.2, 0.25) is 0 Å². The second kappa shape index (κ2) is 6.40. The normalized spacial score (nSPS) is 16.1. The first-order chi connectivity index (χ1) is 9.60. The summed E-state index contributed by atoms with van der Waals surface area (Å²) in [5.74, 6) is -0.0713. The van der Waals surface area contributed by atoms with Gasteiger partial charge in [-0.3, -0.25) is 9.59 Å². The number of carboxylic acids is 1. The molecule has 0 aromatic carbocycles. The van der Waals surface area contributed by atoms with Crippen LogP contribution in [0.1, 0.15) is 25.0 Å². The molecule has 2 heterocycles. The first-order valence-corrected chi connectivity index (χ1v) is 6.60. The molecule has 110 valence electrons. The SMILES string of the molecule is COc1cc(CCC(=O)N2CCC(C(=O)O)CC2)on1. The Hall–Kier alpha value is -2.05. The Kier molecular flexibility index (Phi) is 4.60. The van der Waals surface area contributed by atoms with Gasteiger partial charge in [0.1, 0.15) is 5.76 Å². The summed E-state index contributed by atoms with van der Waals surface area (Å²) in [5.41, 5.74) is 0. The highest BCUT2D eigenvalue weighted by Crippen LogP contribution is 2.19. The summed E-state index contributed by atoms with van der Waals surface area (Å²) in [6, 6.07) is 1.66. The molecule has 1 amide bonds. The number of piperidine rings is 1. The maximum atomic E-state index is 12.0. The van der Waals surface area contributed by atoms with Gasteiger partial charge in [-0.1, -0.05) is 0 Å². The van der Waals surface area contributed by atoms with Crippen molar-refractivity contribution in [3.05, 3.63) is 11.8 Å². The molecule has 2 rings (SSSR count). The second-order valence-corrected chi connectivity index (χ2v) is 4.83. The molecule has 1 fully saturated rings. The van der Waals surface area contributed by atoms with Gasteiger partial charge >= 0.3 is 5.97 Å². The molecule has 1 aromatic rings. The van der Waals surface area contributed by atoms with Crippen molar-refractivity contribution in [2.75, 3.05) is 20.2 Å². The summed E-state index contributed by atoms with van der Waals surface area (Å²) in [6.07, 6.45) is 1.85. The summed E-state index contributed by atoms with van der Waals surface area (Å²) in [5, 5.41) is 12.6. The van der Waals surface area contributed by atoms with Crippen LogP contribution in [0.3, 0.4) is 0 Å². The minimum atomic E-state index is -0.772. The third kappa shape index (κ3) is 3.49. The van der Waals surface area contributed by atoms with Crippen LogP contribution in [-0.4, -0.2) is 47.2 Å². The number of likely N-dealkylation sites (tertiary alicyclic amines) is 1. The van der Waals surface area contributed by atoms with E-state index < -0.39 is 5.97 Å². The van der Waals surface area contributed by atoms with E-state index in [1.54, 1.807) is 11.0 Å². The first-order valence-electron chi connectivity index (χ1n) is 6.60. The average Bonchev–Trinajstić information content (AvgIpc) is 2.93. The van der Waals surface area contributed by atoms with Crippen LogP contribution in [0.25, 0.3) is 0 Å². The van der Waals surface area contributed by atoms with E-state index in [1.807, 2.05) is 0 Å². The Balaban J connectivity index is 1.77. The van der Waals surface area contributed by atoms with Crippen LogP contribution in [0.4, 0.5) is 0 Å². The molecule has 1 N–H and O–H groups in total. The van der Waals surface area contributed by atoms with E-state index in [1.165, 1.54) is 7.11 Å². The molecule has 1 aliphatic rings. The Morgan fingerprint density at radius 3 is 2.75 bits per heavy atom. The van der Waals surface area contributed by atoms with Gasteiger partial charge in [0.2, 0.25) is 5.91 Å². The van der Waals surface area contributed by atoms with Gasteiger partial charge in [0.15, 0.2) is 0 Å². The summed E-state index contributed by atoms with van der Waals surface area (Å²) in [6.45, 7) is 1.02. The molecule has 0 saturated carbocycles. The fraction of sp³-hybridized carbons (Fsp3) is 0.615. The minimum Gasteiger partial charge on any atom is -0.481 e. The van der Waals surface area contributed by atoms with E-state index in [9.17, 15) is 9.59 Å². The van der Waals surface area contributed by atoms with Crippen molar-refractivity contribution in [3.63, 3.8) is 0 Å². The molecular weight excluding hydrogens is 264 g/mol. The Morgan fingerprint density at radius 2 is 2.20 bits per heavy atom. The third-order valence-corrected chi connectivity index (χ3v) is 3.53. The van der Waals surface area contributed by atoms with E-state index in [2.05, 4.69) is 5.16 Å². The smallest absolute Gasteiger partial charge is 0.306 e. The number of aliphatic carboxylic acids is 1. The van der Waals surface area contributed by atoms with Crippen molar-refractivity contribution >= 4 is 11.9 Å². The lowest BCUT2D eigenvalue weighted by atomic mass is 9.97. The average molecular weight is 282 g/mol. The molecule has 20 heavy (non-hydrogen) atoms. The summed E-state index contributed by atoms with van der Waals surface area (Å²) in [7, 11) is 1.50. The van der Waals surface area contributed by atoms with Crippen molar-refractivity contribution in [1.29, 1.82) is 0 Å². The lowest BCUT2D eigenvalue weighted by molar-refractivity contribution is -0.145. The summed E-state index contributed by atoms with van der Waals surface area (Å²) in [4.78, 5) is 24.6. The number of ether oxygens (including phenoxy) is 1. The predicted molar refractivity (Wildman–Crippen MR) is 68.3 cm³/mol. The van der Waals surface area contributed by atoms with Gasteiger partial charge in [-0.2, -0.15) is 0 Å². The van der Waals surface area contributed by atoms with E-state index in [0.717, 1.165) is 0 Å². The van der Waals surface area contributed by atoms with Gasteiger partial charge in [-0.25, -0.2) is 0 Å². The van der Waals surface area contributed by atoms with Gasteiger partial charge in [-0.05, 0) is 18.0 Å². The molecular formula is C13H18N2O5. The first kappa shape index (κ1) is 14.4. The lowest BCUT2D eigenvalue weighted by Gasteiger charge is -2.30. The van der Waals surface area contributed by atoms with Crippen molar-refractivity contribution in [2.45, 2.75) is 25.7 Å². The fourth-order valence-corrected chi connectivity index (χ4v) is 2.27. The van der Waals surface area contributed by atoms with Gasteiger partial charge in [-0.15, -0.1) is 0 Å². The van der Waals surface area contributed by atoms with Crippen LogP contribution in [0.5, 0.6) is 5.88 Å². The van der Waals surface area contributed by atoms with Crippen molar-refractivity contribution in [2.24, 2.45) is 5.92 Å². The topological polar surface area (TPSA) is 92.9 Å². The van der Waals surface area contributed by atoms with Crippen LogP contribution in [-0.2, 0) is 16.0 Å². The Morgan fingerprint density at radius 1 is 1.50 bits per heavy atom. The number of rotatable bonds is 5. The monoisotopic (exact) mass is 282 g/mol. The number of carboxylic acid groups (broad SMARTS) is 1. The van der Waals surface area contributed by atoms with Crippen LogP contribution in [0, 0.1) is 5.92 Å². The summed E-state index contributed by atoms with van der Waals surface area (Å²) < 4.78 is 9.91. The Bertz CT molecular complexity index is 477. The molecule has 1 aliphatic heterocycles. The van der Waals surface area contributed by atoms with Crippen molar-refractivity contribution in [1.82, 2.24) is 10.1 Å². The zero-order valence-electron chi connectivity index (χ0n) is 11.4. The summed E-state index contributed by atoms with van der Waals surface area (Å²) >= 11 is 0. The minimum absolute atomic E-state index is 0.0178. The molecule has 7 nitrogen and oxygen atoms in total. The van der Waals surface area contributed by atoms with E-state index in [4.69, 9.17) is 14.4 Å². The van der Waals surface area contributed by atoms with Crippen molar-refractivity contribution < 1.29 is 24.0 Å². The highest BCUT2D eigenvalue weighted by Gasteiger charge is 2.26. The zero-order chi connectivity index (χ0) is 14.5. The largest absolute Gasteiger partial charge is 0.481 e. The van der Waals surface area contributed by atoms with Gasteiger partial charge in [0.25, 0.3) is 5.88 Å². The molecule has 0 aliphatic carbocycles. The number of carbonyl (C=O) groups is 2. The number of amides is 1. The van der Waals surface area contributed by atoms with Gasteiger partial charge in [0.05, 0.1) is 13.0 Å². The zero-order valence-corrected chi connectivity index (χ0v) is 11.4. The highest BCUT2D eigenvalue weighted by atomic mass is 16.5. The second-order valence-electron chi connectivity index (χ2n) is 4.83. The van der Waals surface area contributed by atoms with Crippen LogP contribution in [0.15, 0.2) is 10.6 Å². The maximum absolute atomic E-state index is 12.0. The fourth-order valence-electron chi connectivity index (χ4n) is 2.27. The molecule has 7 heteroatoms. The number of hydrogen-bond donors (Lipinski definition) is 1. The maximum Gasteiger partial charge on any atom is 0.306 e. The van der Waals surface area contributed by atoms with E-state index in [0.29, 0.717) is 50.4 Å². The van der Waals surface area contributed by atoms with Crippen LogP contribution < -0.4 is 4.74 Å². The predicted octanol–water partition coefficient (Wildman–Crippen LogP) is 0.939. The highest BCUT2D eigenvalue weighted by molar-refractivity contribution is 5.77. The molecule has 0 radical (unpaired) electrons. The number of nitrogens with zero attached hydrogens (tertiary/aromatic N) is 2.